The van der Waals surface area contributed by atoms with Gasteiger partial charge in [0, 0.05) is 17.6 Å². The molecule has 1 aromatic heterocycles. The molecule has 2 aromatic rings. The third kappa shape index (κ3) is 2.86. The lowest BCUT2D eigenvalue weighted by molar-refractivity contribution is -0.0492. The highest BCUT2D eigenvalue weighted by Crippen LogP contribution is 2.42. The molecule has 0 saturated carbocycles. The maximum Gasteiger partial charge on any atom is 0.386 e. The van der Waals surface area contributed by atoms with Crippen molar-refractivity contribution in [2.45, 2.75) is 6.61 Å². The first-order valence-electron chi connectivity index (χ1n) is 5.27. The lowest BCUT2D eigenvalue weighted by Gasteiger charge is -2.12. The Morgan fingerprint density at radius 2 is 2.20 bits per heavy atom. The second-order valence-electron chi connectivity index (χ2n) is 3.76. The van der Waals surface area contributed by atoms with Gasteiger partial charge in [0.1, 0.15) is 5.75 Å². The van der Waals surface area contributed by atoms with Gasteiger partial charge in [0.15, 0.2) is 0 Å². The minimum Gasteiger partial charge on any atom is -0.447 e. The number of benzene rings is 1. The van der Waals surface area contributed by atoms with E-state index in [2.05, 4.69) is 14.7 Å². The fourth-order valence-corrected chi connectivity index (χ4v) is 2.74. The summed E-state index contributed by atoms with van der Waals surface area (Å²) < 4.78 is 31.5. The van der Waals surface area contributed by atoms with Gasteiger partial charge in [-0.3, -0.25) is 4.68 Å². The lowest BCUT2D eigenvalue weighted by Crippen LogP contribution is -2.03. The van der Waals surface area contributed by atoms with Gasteiger partial charge in [0.25, 0.3) is 0 Å². The molecule has 0 spiro atoms. The number of nitrogens with zero attached hydrogens (tertiary/aromatic N) is 3. The summed E-state index contributed by atoms with van der Waals surface area (Å²) in [4.78, 5) is 3.29. The van der Waals surface area contributed by atoms with Crippen LogP contribution in [-0.4, -0.2) is 16.4 Å². The van der Waals surface area contributed by atoms with Crippen LogP contribution in [0.15, 0.2) is 18.3 Å². The van der Waals surface area contributed by atoms with E-state index in [0.29, 0.717) is 11.3 Å². The zero-order valence-corrected chi connectivity index (χ0v) is 13.0. The van der Waals surface area contributed by atoms with E-state index >= 15 is 0 Å². The Bertz CT molecular complexity index is 677. The quantitative estimate of drug-likeness (QED) is 0.552. The van der Waals surface area contributed by atoms with Gasteiger partial charge in [0.2, 0.25) is 5.69 Å². The molecule has 1 heterocycles. The smallest absolute Gasteiger partial charge is 0.386 e. The van der Waals surface area contributed by atoms with Crippen LogP contribution in [0.2, 0.25) is 5.02 Å². The minimum atomic E-state index is -3.02. The average Bonchev–Trinajstić information content (AvgIpc) is 2.67. The summed E-state index contributed by atoms with van der Waals surface area (Å²) >= 11 is 7.97. The molecule has 0 aliphatic heterocycles. The van der Waals surface area contributed by atoms with Crippen molar-refractivity contribution in [1.29, 1.82) is 0 Å². The molecule has 8 heteroatoms. The highest BCUT2D eigenvalue weighted by Gasteiger charge is 2.20. The van der Waals surface area contributed by atoms with Crippen molar-refractivity contribution in [2.75, 3.05) is 0 Å². The van der Waals surface area contributed by atoms with E-state index in [1.165, 1.54) is 12.1 Å². The molecule has 0 fully saturated rings. The molecule has 0 aliphatic rings. The monoisotopic (exact) mass is 409 g/mol. The minimum absolute atomic E-state index is 0.0174. The first kappa shape index (κ1) is 15.0. The van der Waals surface area contributed by atoms with Gasteiger partial charge in [-0.15, -0.1) is 0 Å². The van der Waals surface area contributed by atoms with Crippen molar-refractivity contribution in [3.63, 3.8) is 0 Å². The molecule has 4 nitrogen and oxygen atoms in total. The van der Waals surface area contributed by atoms with Gasteiger partial charge in [-0.05, 0) is 34.7 Å². The molecule has 0 radical (unpaired) electrons. The number of halogens is 4. The molecule has 1 aromatic carbocycles. The number of hydrogen-bond acceptors (Lipinski definition) is 2. The predicted octanol–water partition coefficient (Wildman–Crippen LogP) is 4.50. The molecule has 0 N–H and O–H groups in total. The molecular formula is C12H7ClF2IN3O. The predicted molar refractivity (Wildman–Crippen MR) is 79.3 cm³/mol. The van der Waals surface area contributed by atoms with Crippen molar-refractivity contribution in [2.24, 2.45) is 7.05 Å². The van der Waals surface area contributed by atoms with E-state index in [-0.39, 0.29) is 16.5 Å². The zero-order valence-electron chi connectivity index (χ0n) is 10.1. The fourth-order valence-electron chi connectivity index (χ4n) is 1.77. The van der Waals surface area contributed by atoms with E-state index in [9.17, 15) is 8.78 Å². The van der Waals surface area contributed by atoms with Crippen molar-refractivity contribution >= 4 is 39.9 Å². The van der Waals surface area contributed by atoms with Crippen LogP contribution in [0.3, 0.4) is 0 Å². The van der Waals surface area contributed by atoms with Crippen LogP contribution in [0.5, 0.6) is 5.75 Å². The second-order valence-corrected chi connectivity index (χ2v) is 5.35. The summed E-state index contributed by atoms with van der Waals surface area (Å²) in [6.45, 7) is 4.19. The summed E-state index contributed by atoms with van der Waals surface area (Å²) in [5, 5.41) is 4.27. The molecular weight excluding hydrogens is 403 g/mol. The maximum absolute atomic E-state index is 12.4. The van der Waals surface area contributed by atoms with Gasteiger partial charge >= 0.3 is 6.61 Å². The average molecular weight is 410 g/mol. The molecule has 2 rings (SSSR count). The zero-order chi connectivity index (χ0) is 14.9. The van der Waals surface area contributed by atoms with E-state index < -0.39 is 6.61 Å². The fraction of sp³-hybridized carbons (Fsp3) is 0.167. The molecule has 0 bridgehead atoms. The van der Waals surface area contributed by atoms with Crippen LogP contribution in [0.25, 0.3) is 16.1 Å². The summed E-state index contributed by atoms with van der Waals surface area (Å²) in [6.07, 6.45) is 1.61. The van der Waals surface area contributed by atoms with Crippen molar-refractivity contribution in [3.8, 4) is 17.0 Å². The Morgan fingerprint density at radius 1 is 1.50 bits per heavy atom. The summed E-state index contributed by atoms with van der Waals surface area (Å²) in [5.74, 6) is -0.241. The summed E-state index contributed by atoms with van der Waals surface area (Å²) in [5.41, 5.74) is 1.02. The van der Waals surface area contributed by atoms with Crippen LogP contribution < -0.4 is 4.74 Å². The van der Waals surface area contributed by atoms with E-state index in [1.807, 2.05) is 22.6 Å². The Balaban J connectivity index is 2.71. The van der Waals surface area contributed by atoms with Crippen molar-refractivity contribution in [1.82, 2.24) is 9.78 Å². The SMILES string of the molecule is [C-]#[N+]c1c(OC(F)F)cc(Cl)cc1-c1c(I)cnn1C. The standard InChI is InChI=1S/C12H7ClF2IN3O/c1-17-10-7(11-8(16)5-18-19(11)2)3-6(13)4-9(10)20-12(14)15/h3-5,12H,2H3. The molecule has 0 atom stereocenters. The Hall–Kier alpha value is -1.40. The third-order valence-corrected chi connectivity index (χ3v) is 3.52. The number of hydrogen-bond donors (Lipinski definition) is 0. The van der Waals surface area contributed by atoms with Gasteiger partial charge < -0.3 is 4.74 Å². The molecule has 104 valence electrons. The van der Waals surface area contributed by atoms with Crippen LogP contribution in [0.4, 0.5) is 14.5 Å². The van der Waals surface area contributed by atoms with Crippen molar-refractivity contribution in [3.05, 3.63) is 38.3 Å². The Morgan fingerprint density at radius 3 is 2.70 bits per heavy atom. The van der Waals surface area contributed by atoms with E-state index in [1.54, 1.807) is 17.9 Å². The molecule has 20 heavy (non-hydrogen) atoms. The van der Waals surface area contributed by atoms with Crippen molar-refractivity contribution < 1.29 is 13.5 Å². The van der Waals surface area contributed by atoms with Crippen LogP contribution >= 0.6 is 34.2 Å². The second kappa shape index (κ2) is 5.93. The normalized spacial score (nSPS) is 10.7. The first-order valence-corrected chi connectivity index (χ1v) is 6.73. The molecule has 0 unspecified atom stereocenters. The molecule has 0 saturated heterocycles. The van der Waals surface area contributed by atoms with Crippen LogP contribution in [0.1, 0.15) is 0 Å². The topological polar surface area (TPSA) is 31.4 Å². The van der Waals surface area contributed by atoms with Gasteiger partial charge in [0.05, 0.1) is 22.0 Å². The highest BCUT2D eigenvalue weighted by molar-refractivity contribution is 14.1. The third-order valence-electron chi connectivity index (χ3n) is 2.52. The van der Waals surface area contributed by atoms with E-state index in [4.69, 9.17) is 18.2 Å². The number of alkyl halides is 2. The maximum atomic E-state index is 12.4. The number of rotatable bonds is 3. The van der Waals surface area contributed by atoms with E-state index in [0.717, 1.165) is 3.57 Å². The highest BCUT2D eigenvalue weighted by atomic mass is 127. The number of aromatic nitrogens is 2. The summed E-state index contributed by atoms with van der Waals surface area (Å²) in [7, 11) is 1.69. The summed E-state index contributed by atoms with van der Waals surface area (Å²) in [6, 6.07) is 2.74. The largest absolute Gasteiger partial charge is 0.447 e. The number of ether oxygens (including phenoxy) is 1. The Labute approximate surface area is 132 Å². The van der Waals surface area contributed by atoms with Gasteiger partial charge in [-0.1, -0.05) is 11.6 Å². The molecule has 0 amide bonds. The van der Waals surface area contributed by atoms with Gasteiger partial charge in [-0.2, -0.15) is 13.9 Å². The Kier molecular flexibility index (Phi) is 4.45. The number of aryl methyl sites for hydroxylation is 1. The van der Waals surface area contributed by atoms with Crippen LogP contribution in [0, 0.1) is 10.1 Å². The van der Waals surface area contributed by atoms with Gasteiger partial charge in [-0.25, -0.2) is 4.85 Å². The molecule has 0 aliphatic carbocycles. The van der Waals surface area contributed by atoms with Crippen LogP contribution in [-0.2, 0) is 7.05 Å². The first-order chi connectivity index (χ1) is 9.43. The lowest BCUT2D eigenvalue weighted by atomic mass is 10.1.